The minimum atomic E-state index is -0.141. The third-order valence-corrected chi connectivity index (χ3v) is 4.44. The molecule has 0 atom stereocenters. The number of nitrogens with one attached hydrogen (secondary N) is 1. The van der Waals surface area contributed by atoms with Gasteiger partial charge in [0.2, 0.25) is 11.8 Å². The summed E-state index contributed by atoms with van der Waals surface area (Å²) in [6.07, 6.45) is 0. The molecule has 2 aromatic carbocycles. The molecule has 0 heterocycles. The van der Waals surface area contributed by atoms with E-state index in [0.29, 0.717) is 17.3 Å². The second-order valence-corrected chi connectivity index (χ2v) is 6.44. The van der Waals surface area contributed by atoms with Gasteiger partial charge in [-0.15, -0.1) is 11.8 Å². The Bertz CT molecular complexity index is 677. The van der Waals surface area contributed by atoms with E-state index in [1.165, 1.54) is 11.8 Å². The van der Waals surface area contributed by atoms with Crippen LogP contribution in [-0.4, -0.2) is 29.9 Å². The van der Waals surface area contributed by atoms with Crippen molar-refractivity contribution < 1.29 is 9.59 Å². The van der Waals surface area contributed by atoms with E-state index in [2.05, 4.69) is 5.32 Å². The number of halogens is 1. The quantitative estimate of drug-likeness (QED) is 0.807. The topological polar surface area (TPSA) is 49.4 Å². The van der Waals surface area contributed by atoms with Crippen molar-refractivity contribution in [3.63, 3.8) is 0 Å². The molecule has 2 amide bonds. The molecule has 0 radical (unpaired) electrons. The Morgan fingerprint density at radius 2 is 1.71 bits per heavy atom. The Morgan fingerprint density at radius 3 is 2.33 bits per heavy atom. The number of thioether (sulfide) groups is 1. The maximum Gasteiger partial charge on any atom is 0.236 e. The van der Waals surface area contributed by atoms with Crippen LogP contribution in [0, 0.1) is 0 Å². The molecule has 2 aromatic rings. The summed E-state index contributed by atoms with van der Waals surface area (Å²) in [7, 11) is 0. The van der Waals surface area contributed by atoms with Crippen molar-refractivity contribution >= 4 is 46.6 Å². The van der Waals surface area contributed by atoms with Crippen molar-refractivity contribution in [3.05, 3.63) is 59.6 Å². The van der Waals surface area contributed by atoms with Gasteiger partial charge in [-0.2, -0.15) is 0 Å². The average molecular weight is 363 g/mol. The molecule has 0 aliphatic rings. The van der Waals surface area contributed by atoms with Crippen LogP contribution in [-0.2, 0) is 9.59 Å². The lowest BCUT2D eigenvalue weighted by molar-refractivity contribution is -0.116. The van der Waals surface area contributed by atoms with Gasteiger partial charge in [0.15, 0.2) is 0 Å². The third-order valence-electron chi connectivity index (χ3n) is 3.27. The van der Waals surface area contributed by atoms with Gasteiger partial charge >= 0.3 is 0 Å². The van der Waals surface area contributed by atoms with Crippen LogP contribution in [0.5, 0.6) is 0 Å². The molecule has 0 saturated heterocycles. The number of carbonyl (C=O) groups excluding carboxylic acids is 2. The zero-order valence-corrected chi connectivity index (χ0v) is 14.9. The van der Waals surface area contributed by atoms with Crippen LogP contribution in [0.2, 0.25) is 5.02 Å². The Kier molecular flexibility index (Phi) is 7.15. The molecule has 0 fully saturated rings. The molecule has 0 saturated carbocycles. The molecule has 4 nitrogen and oxygen atoms in total. The second kappa shape index (κ2) is 9.35. The summed E-state index contributed by atoms with van der Waals surface area (Å²) in [5.74, 6) is 0.336. The maximum atomic E-state index is 12.3. The number of hydrogen-bond donors (Lipinski definition) is 1. The molecule has 0 bridgehead atoms. The minimum absolute atomic E-state index is 0.00649. The monoisotopic (exact) mass is 362 g/mol. The fourth-order valence-corrected chi connectivity index (χ4v) is 2.97. The first kappa shape index (κ1) is 18.4. The summed E-state index contributed by atoms with van der Waals surface area (Å²) < 4.78 is 0. The van der Waals surface area contributed by atoms with E-state index < -0.39 is 0 Å². The van der Waals surface area contributed by atoms with Gasteiger partial charge in [0, 0.05) is 22.9 Å². The average Bonchev–Trinajstić information content (AvgIpc) is 2.58. The third kappa shape index (κ3) is 5.58. The summed E-state index contributed by atoms with van der Waals surface area (Å²) in [6.45, 7) is 2.53. The lowest BCUT2D eigenvalue weighted by Crippen LogP contribution is -2.32. The molecular weight excluding hydrogens is 344 g/mol. The first-order valence-corrected chi connectivity index (χ1v) is 9.12. The second-order valence-electron chi connectivity index (χ2n) is 5.02. The van der Waals surface area contributed by atoms with Crippen molar-refractivity contribution in [2.24, 2.45) is 0 Å². The number of nitrogens with zero attached hydrogens (tertiary/aromatic N) is 1. The highest BCUT2D eigenvalue weighted by molar-refractivity contribution is 8.00. The summed E-state index contributed by atoms with van der Waals surface area (Å²) in [5, 5.41) is 3.39. The molecule has 0 spiro atoms. The fourth-order valence-electron chi connectivity index (χ4n) is 2.15. The van der Waals surface area contributed by atoms with Gasteiger partial charge in [-0.05, 0) is 43.3 Å². The van der Waals surface area contributed by atoms with Crippen LogP contribution < -0.4 is 10.2 Å². The number of para-hydroxylation sites is 1. The summed E-state index contributed by atoms with van der Waals surface area (Å²) >= 11 is 7.10. The molecular formula is C18H19ClN2O2S. The van der Waals surface area contributed by atoms with Gasteiger partial charge in [-0.3, -0.25) is 9.59 Å². The molecule has 2 rings (SSSR count). The first-order valence-electron chi connectivity index (χ1n) is 7.58. The molecule has 0 aromatic heterocycles. The van der Waals surface area contributed by atoms with Gasteiger partial charge in [0.05, 0.1) is 11.5 Å². The number of hydrogen-bond acceptors (Lipinski definition) is 3. The van der Waals surface area contributed by atoms with Crippen molar-refractivity contribution in [3.8, 4) is 0 Å². The summed E-state index contributed by atoms with van der Waals surface area (Å²) in [5.41, 5.74) is 1.56. The highest BCUT2D eigenvalue weighted by atomic mass is 35.5. The minimum Gasteiger partial charge on any atom is -0.325 e. The Balaban J connectivity index is 1.79. The highest BCUT2D eigenvalue weighted by Crippen LogP contribution is 2.16. The maximum absolute atomic E-state index is 12.3. The van der Waals surface area contributed by atoms with E-state index in [9.17, 15) is 9.59 Å². The van der Waals surface area contributed by atoms with Gasteiger partial charge in [-0.1, -0.05) is 29.8 Å². The summed E-state index contributed by atoms with van der Waals surface area (Å²) in [6, 6.07) is 16.4. The van der Waals surface area contributed by atoms with Crippen molar-refractivity contribution in [2.75, 3.05) is 28.3 Å². The zero-order valence-electron chi connectivity index (χ0n) is 13.4. The van der Waals surface area contributed by atoms with Crippen LogP contribution in [0.3, 0.4) is 0 Å². The Labute approximate surface area is 151 Å². The lowest BCUT2D eigenvalue weighted by atomic mass is 10.3. The largest absolute Gasteiger partial charge is 0.325 e. The van der Waals surface area contributed by atoms with Gasteiger partial charge in [0.1, 0.15) is 0 Å². The van der Waals surface area contributed by atoms with E-state index in [-0.39, 0.29) is 23.3 Å². The van der Waals surface area contributed by atoms with E-state index in [4.69, 9.17) is 11.6 Å². The molecule has 126 valence electrons. The van der Waals surface area contributed by atoms with Crippen LogP contribution in [0.25, 0.3) is 0 Å². The van der Waals surface area contributed by atoms with Gasteiger partial charge < -0.3 is 10.2 Å². The lowest BCUT2D eigenvalue weighted by Gasteiger charge is -2.20. The van der Waals surface area contributed by atoms with Crippen LogP contribution >= 0.6 is 23.4 Å². The summed E-state index contributed by atoms with van der Waals surface area (Å²) in [4.78, 5) is 25.9. The number of carbonyl (C=O) groups is 2. The van der Waals surface area contributed by atoms with Crippen molar-refractivity contribution in [2.45, 2.75) is 6.92 Å². The number of anilines is 2. The SMILES string of the molecule is CCN(C(=O)CSCC(=O)Nc1ccc(Cl)cc1)c1ccccc1. The van der Waals surface area contributed by atoms with Crippen molar-refractivity contribution in [1.82, 2.24) is 0 Å². The number of amides is 2. The van der Waals surface area contributed by atoms with Crippen LogP contribution in [0.15, 0.2) is 54.6 Å². The molecule has 0 unspecified atom stereocenters. The Hall–Kier alpha value is -1.98. The Morgan fingerprint density at radius 1 is 1.04 bits per heavy atom. The van der Waals surface area contributed by atoms with E-state index in [0.717, 1.165) is 5.69 Å². The predicted molar refractivity (Wildman–Crippen MR) is 102 cm³/mol. The van der Waals surface area contributed by atoms with E-state index >= 15 is 0 Å². The van der Waals surface area contributed by atoms with Crippen molar-refractivity contribution in [1.29, 1.82) is 0 Å². The van der Waals surface area contributed by atoms with Gasteiger partial charge in [-0.25, -0.2) is 0 Å². The molecule has 0 aliphatic carbocycles. The van der Waals surface area contributed by atoms with E-state index in [1.54, 1.807) is 29.2 Å². The molecule has 24 heavy (non-hydrogen) atoms. The molecule has 6 heteroatoms. The smallest absolute Gasteiger partial charge is 0.236 e. The molecule has 1 N–H and O–H groups in total. The zero-order chi connectivity index (χ0) is 17.4. The predicted octanol–water partition coefficient (Wildman–Crippen LogP) is 4.06. The number of benzene rings is 2. The standard InChI is InChI=1S/C18H19ClN2O2S/c1-2-21(16-6-4-3-5-7-16)18(23)13-24-12-17(22)20-15-10-8-14(19)9-11-15/h3-11H,2,12-13H2,1H3,(H,20,22). The number of rotatable bonds is 7. The first-order chi connectivity index (χ1) is 11.6. The molecule has 0 aliphatic heterocycles. The van der Waals surface area contributed by atoms with Crippen LogP contribution in [0.4, 0.5) is 11.4 Å². The fraction of sp³-hybridized carbons (Fsp3) is 0.222. The van der Waals surface area contributed by atoms with Gasteiger partial charge in [0.25, 0.3) is 0 Å². The van der Waals surface area contributed by atoms with E-state index in [1.807, 2.05) is 37.3 Å². The van der Waals surface area contributed by atoms with Crippen LogP contribution in [0.1, 0.15) is 6.92 Å². The highest BCUT2D eigenvalue weighted by Gasteiger charge is 2.14. The normalized spacial score (nSPS) is 10.2.